The summed E-state index contributed by atoms with van der Waals surface area (Å²) in [4.78, 5) is 24.1. The normalized spacial score (nSPS) is 11.1. The van der Waals surface area contributed by atoms with Gasteiger partial charge in [0.05, 0.1) is 16.4 Å². The van der Waals surface area contributed by atoms with E-state index in [1.807, 2.05) is 24.3 Å². The molecule has 6 nitrogen and oxygen atoms in total. The molecule has 0 saturated carbocycles. The maximum Gasteiger partial charge on any atom is 0.258 e. The molecule has 0 saturated heterocycles. The van der Waals surface area contributed by atoms with E-state index in [9.17, 15) is 4.79 Å². The topological polar surface area (TPSA) is 79.9 Å². The highest BCUT2D eigenvalue weighted by atomic mass is 16.5. The first-order chi connectivity index (χ1) is 13.5. The van der Waals surface area contributed by atoms with Gasteiger partial charge < -0.3 is 15.0 Å². The predicted molar refractivity (Wildman–Crippen MR) is 109 cm³/mol. The molecule has 0 spiro atoms. The molecular formula is C22H22N4O2. The SMILES string of the molecule is Cc1cc(CNC(=O)COc2ncnc3ccccc23)c2[nH]c(C)c(C)c2c1. The molecule has 142 valence electrons. The number of aryl methyl sites for hydroxylation is 3. The predicted octanol–water partition coefficient (Wildman–Crippen LogP) is 3.73. The van der Waals surface area contributed by atoms with E-state index < -0.39 is 0 Å². The number of nitrogens with one attached hydrogen (secondary N) is 2. The molecule has 1 amide bonds. The van der Waals surface area contributed by atoms with Crippen molar-refractivity contribution in [2.24, 2.45) is 0 Å². The number of carbonyl (C=O) groups excluding carboxylic acids is 1. The molecule has 0 fully saturated rings. The van der Waals surface area contributed by atoms with Gasteiger partial charge in [0.1, 0.15) is 6.33 Å². The quantitative estimate of drug-likeness (QED) is 0.558. The lowest BCUT2D eigenvalue weighted by Gasteiger charge is -2.10. The summed E-state index contributed by atoms with van der Waals surface area (Å²) in [5.41, 5.74) is 6.48. The Morgan fingerprint density at radius 1 is 1.11 bits per heavy atom. The molecule has 2 heterocycles. The van der Waals surface area contributed by atoms with Crippen LogP contribution in [0.1, 0.15) is 22.4 Å². The zero-order valence-electron chi connectivity index (χ0n) is 16.2. The summed E-state index contributed by atoms with van der Waals surface area (Å²) >= 11 is 0. The highest BCUT2D eigenvalue weighted by Crippen LogP contribution is 2.26. The molecule has 0 radical (unpaired) electrons. The van der Waals surface area contributed by atoms with Crippen LogP contribution in [0.25, 0.3) is 21.8 Å². The van der Waals surface area contributed by atoms with Crippen molar-refractivity contribution >= 4 is 27.7 Å². The second-order valence-corrected chi connectivity index (χ2v) is 6.98. The van der Waals surface area contributed by atoms with Crippen LogP contribution >= 0.6 is 0 Å². The number of aromatic amines is 1. The Labute approximate surface area is 163 Å². The fourth-order valence-electron chi connectivity index (χ4n) is 3.40. The second kappa shape index (κ2) is 7.31. The molecule has 0 aliphatic carbocycles. The largest absolute Gasteiger partial charge is 0.467 e. The van der Waals surface area contributed by atoms with Crippen molar-refractivity contribution in [3.63, 3.8) is 0 Å². The Morgan fingerprint density at radius 3 is 2.79 bits per heavy atom. The van der Waals surface area contributed by atoms with Crippen LogP contribution in [0.15, 0.2) is 42.7 Å². The molecule has 0 atom stereocenters. The molecule has 2 aromatic carbocycles. The first kappa shape index (κ1) is 18.0. The number of aromatic nitrogens is 3. The van der Waals surface area contributed by atoms with Gasteiger partial charge in [-0.25, -0.2) is 9.97 Å². The lowest BCUT2D eigenvalue weighted by atomic mass is 10.0. The van der Waals surface area contributed by atoms with Gasteiger partial charge in [0.15, 0.2) is 6.61 Å². The van der Waals surface area contributed by atoms with Crippen LogP contribution in [0, 0.1) is 20.8 Å². The average Bonchev–Trinajstić information content (AvgIpc) is 2.98. The number of para-hydroxylation sites is 1. The van der Waals surface area contributed by atoms with Crippen LogP contribution in [0.4, 0.5) is 0 Å². The molecule has 4 aromatic rings. The Morgan fingerprint density at radius 2 is 1.93 bits per heavy atom. The Kier molecular flexibility index (Phi) is 4.69. The maximum atomic E-state index is 12.3. The highest BCUT2D eigenvalue weighted by molar-refractivity contribution is 5.88. The molecule has 6 heteroatoms. The van der Waals surface area contributed by atoms with Gasteiger partial charge in [-0.2, -0.15) is 0 Å². The molecule has 28 heavy (non-hydrogen) atoms. The third-order valence-electron chi connectivity index (χ3n) is 4.97. The molecule has 0 aliphatic heterocycles. The first-order valence-electron chi connectivity index (χ1n) is 9.20. The van der Waals surface area contributed by atoms with Crippen LogP contribution in [0.5, 0.6) is 5.88 Å². The van der Waals surface area contributed by atoms with Crippen molar-refractivity contribution in [3.8, 4) is 5.88 Å². The number of benzene rings is 2. The van der Waals surface area contributed by atoms with Crippen LogP contribution in [0.2, 0.25) is 0 Å². The minimum absolute atomic E-state index is 0.0985. The molecule has 0 unspecified atom stereocenters. The van der Waals surface area contributed by atoms with Gasteiger partial charge in [-0.1, -0.05) is 23.8 Å². The minimum atomic E-state index is -0.197. The zero-order chi connectivity index (χ0) is 19.7. The summed E-state index contributed by atoms with van der Waals surface area (Å²) < 4.78 is 5.63. The number of rotatable bonds is 5. The third-order valence-corrected chi connectivity index (χ3v) is 4.97. The minimum Gasteiger partial charge on any atom is -0.467 e. The van der Waals surface area contributed by atoms with Gasteiger partial charge in [0.25, 0.3) is 5.91 Å². The first-order valence-corrected chi connectivity index (χ1v) is 9.20. The Balaban J connectivity index is 1.45. The number of ether oxygens (including phenoxy) is 1. The van der Waals surface area contributed by atoms with Gasteiger partial charge >= 0.3 is 0 Å². The monoisotopic (exact) mass is 374 g/mol. The lowest BCUT2D eigenvalue weighted by molar-refractivity contribution is -0.123. The molecule has 4 rings (SSSR count). The van der Waals surface area contributed by atoms with Gasteiger partial charge in [-0.15, -0.1) is 0 Å². The van der Waals surface area contributed by atoms with Gasteiger partial charge in [-0.3, -0.25) is 4.79 Å². The number of carbonyl (C=O) groups is 1. The van der Waals surface area contributed by atoms with Crippen LogP contribution < -0.4 is 10.1 Å². The smallest absolute Gasteiger partial charge is 0.258 e. The molecule has 2 N–H and O–H groups in total. The van der Waals surface area contributed by atoms with Crippen molar-refractivity contribution in [3.05, 3.63) is 65.1 Å². The molecular weight excluding hydrogens is 352 g/mol. The van der Waals surface area contributed by atoms with Crippen molar-refractivity contribution in [1.82, 2.24) is 20.3 Å². The van der Waals surface area contributed by atoms with Crippen LogP contribution in [0.3, 0.4) is 0 Å². The fraction of sp³-hybridized carbons (Fsp3) is 0.227. The zero-order valence-corrected chi connectivity index (χ0v) is 16.2. The summed E-state index contributed by atoms with van der Waals surface area (Å²) in [6, 6.07) is 11.8. The van der Waals surface area contributed by atoms with E-state index in [0.29, 0.717) is 12.4 Å². The number of H-pyrrole nitrogens is 1. The van der Waals surface area contributed by atoms with Gasteiger partial charge in [0, 0.05) is 17.6 Å². The van der Waals surface area contributed by atoms with Crippen molar-refractivity contribution in [1.29, 1.82) is 0 Å². The lowest BCUT2D eigenvalue weighted by Crippen LogP contribution is -2.28. The number of hydrogen-bond donors (Lipinski definition) is 2. The average molecular weight is 374 g/mol. The summed E-state index contributed by atoms with van der Waals surface area (Å²) in [6.45, 7) is 6.57. The van der Waals surface area contributed by atoms with E-state index in [2.05, 4.69) is 53.2 Å². The fourth-order valence-corrected chi connectivity index (χ4v) is 3.40. The standard InChI is InChI=1S/C22H22N4O2/c1-13-8-16(21-18(9-13)14(2)15(3)26-21)10-23-20(27)11-28-22-17-6-4-5-7-19(17)24-12-25-22/h4-9,12,26H,10-11H2,1-3H3,(H,23,27). The summed E-state index contributed by atoms with van der Waals surface area (Å²) in [7, 11) is 0. The van der Waals surface area contributed by atoms with Gasteiger partial charge in [-0.05, 0) is 50.1 Å². The second-order valence-electron chi connectivity index (χ2n) is 6.98. The number of hydrogen-bond acceptors (Lipinski definition) is 4. The number of fused-ring (bicyclic) bond motifs is 2. The van der Waals surface area contributed by atoms with E-state index in [-0.39, 0.29) is 12.5 Å². The number of nitrogens with zero attached hydrogens (tertiary/aromatic N) is 2. The van der Waals surface area contributed by atoms with Crippen molar-refractivity contribution in [2.75, 3.05) is 6.61 Å². The van der Waals surface area contributed by atoms with Crippen molar-refractivity contribution in [2.45, 2.75) is 27.3 Å². The number of amides is 1. The maximum absolute atomic E-state index is 12.3. The summed E-state index contributed by atoms with van der Waals surface area (Å²) in [5.74, 6) is 0.215. The summed E-state index contributed by atoms with van der Waals surface area (Å²) in [6.07, 6.45) is 1.44. The molecule has 0 bridgehead atoms. The summed E-state index contributed by atoms with van der Waals surface area (Å²) in [5, 5.41) is 4.93. The molecule has 0 aliphatic rings. The van der Waals surface area contributed by atoms with E-state index in [1.54, 1.807) is 0 Å². The van der Waals surface area contributed by atoms with Crippen LogP contribution in [-0.4, -0.2) is 27.5 Å². The van der Waals surface area contributed by atoms with E-state index in [1.165, 1.54) is 22.8 Å². The van der Waals surface area contributed by atoms with Crippen molar-refractivity contribution < 1.29 is 9.53 Å². The Hall–Kier alpha value is -3.41. The van der Waals surface area contributed by atoms with E-state index in [0.717, 1.165) is 27.7 Å². The highest BCUT2D eigenvalue weighted by Gasteiger charge is 2.12. The van der Waals surface area contributed by atoms with E-state index >= 15 is 0 Å². The van der Waals surface area contributed by atoms with Gasteiger partial charge in [0.2, 0.25) is 5.88 Å². The van der Waals surface area contributed by atoms with Crippen LogP contribution in [-0.2, 0) is 11.3 Å². The third kappa shape index (κ3) is 3.41. The van der Waals surface area contributed by atoms with E-state index in [4.69, 9.17) is 4.74 Å². The Bertz CT molecular complexity index is 1170. The molecule has 2 aromatic heterocycles.